The number of carbonyl (C=O) groups is 2. The summed E-state index contributed by atoms with van der Waals surface area (Å²) in [5.41, 5.74) is 2.37. The predicted octanol–water partition coefficient (Wildman–Crippen LogP) is 5.07. The largest absolute Gasteiger partial charge is 0.300 e. The van der Waals surface area contributed by atoms with Gasteiger partial charge in [-0.1, -0.05) is 69.7 Å². The van der Waals surface area contributed by atoms with Gasteiger partial charge in [0.05, 0.1) is 6.42 Å². The minimum absolute atomic E-state index is 0.0273. The summed E-state index contributed by atoms with van der Waals surface area (Å²) in [6.07, 6.45) is 10.6. The van der Waals surface area contributed by atoms with Crippen LogP contribution in [0.5, 0.6) is 0 Å². The quantitative estimate of drug-likeness (QED) is 0.399. The van der Waals surface area contributed by atoms with E-state index < -0.39 is 0 Å². The van der Waals surface area contributed by atoms with Crippen molar-refractivity contribution < 1.29 is 9.59 Å². The topological polar surface area (TPSA) is 34.1 Å². The molecule has 0 fully saturated rings. The third kappa shape index (κ3) is 8.11. The molecular formula is C20H30O2. The van der Waals surface area contributed by atoms with E-state index in [-0.39, 0.29) is 18.0 Å². The average molecular weight is 302 g/mol. The standard InChI is InChI=1S/C20H30O2/c1-3-4-5-6-7-8-9-12-18-13-10-11-14-19(18)16-20(22)15-17(2)21/h10-11,13-14H,3-9,12,15-16H2,1-2H3. The number of hydrogen-bond donors (Lipinski definition) is 0. The molecule has 0 saturated heterocycles. The number of Topliss-reactive ketones (excluding diaryl/α,β-unsaturated/α-hetero) is 2. The van der Waals surface area contributed by atoms with Gasteiger partial charge in [-0.25, -0.2) is 0 Å². The van der Waals surface area contributed by atoms with Gasteiger partial charge in [0.15, 0.2) is 0 Å². The van der Waals surface area contributed by atoms with Crippen molar-refractivity contribution in [3.63, 3.8) is 0 Å². The summed E-state index contributed by atoms with van der Waals surface area (Å²) in [5.74, 6) is -0.0194. The molecule has 0 unspecified atom stereocenters. The highest BCUT2D eigenvalue weighted by molar-refractivity contribution is 5.98. The Bertz CT molecular complexity index is 463. The van der Waals surface area contributed by atoms with Crippen LogP contribution in [0.15, 0.2) is 24.3 Å². The lowest BCUT2D eigenvalue weighted by atomic mass is 9.96. The minimum atomic E-state index is -0.0467. The fraction of sp³-hybridized carbons (Fsp3) is 0.600. The Balaban J connectivity index is 2.37. The highest BCUT2D eigenvalue weighted by atomic mass is 16.1. The Morgan fingerprint density at radius 1 is 0.864 bits per heavy atom. The van der Waals surface area contributed by atoms with Gasteiger partial charge in [0.1, 0.15) is 11.6 Å². The highest BCUT2D eigenvalue weighted by Gasteiger charge is 2.09. The molecule has 2 nitrogen and oxygen atoms in total. The van der Waals surface area contributed by atoms with Gasteiger partial charge in [-0.15, -0.1) is 0 Å². The zero-order valence-electron chi connectivity index (χ0n) is 14.2. The van der Waals surface area contributed by atoms with E-state index >= 15 is 0 Å². The lowest BCUT2D eigenvalue weighted by Crippen LogP contribution is -2.09. The van der Waals surface area contributed by atoms with Crippen LogP contribution in [0.1, 0.15) is 76.3 Å². The predicted molar refractivity (Wildman–Crippen MR) is 92.1 cm³/mol. The lowest BCUT2D eigenvalue weighted by Gasteiger charge is -2.09. The third-order valence-corrected chi connectivity index (χ3v) is 4.00. The number of hydrogen-bond acceptors (Lipinski definition) is 2. The Morgan fingerprint density at radius 2 is 1.45 bits per heavy atom. The SMILES string of the molecule is CCCCCCCCCc1ccccc1CC(=O)CC(C)=O. The van der Waals surface area contributed by atoms with Gasteiger partial charge in [-0.2, -0.15) is 0 Å². The Hall–Kier alpha value is -1.44. The maximum absolute atomic E-state index is 11.8. The first-order valence-electron chi connectivity index (χ1n) is 8.71. The van der Waals surface area contributed by atoms with E-state index in [1.807, 2.05) is 18.2 Å². The Labute approximate surface area is 135 Å². The third-order valence-electron chi connectivity index (χ3n) is 4.00. The summed E-state index contributed by atoms with van der Waals surface area (Å²) in [6.45, 7) is 3.71. The molecule has 0 heterocycles. The maximum atomic E-state index is 11.8. The summed E-state index contributed by atoms with van der Waals surface area (Å²) in [5, 5.41) is 0. The summed E-state index contributed by atoms with van der Waals surface area (Å²) in [7, 11) is 0. The number of carbonyl (C=O) groups excluding carboxylic acids is 2. The molecule has 0 bridgehead atoms. The molecule has 1 aromatic carbocycles. The van der Waals surface area contributed by atoms with Crippen molar-refractivity contribution in [2.75, 3.05) is 0 Å². The molecule has 0 radical (unpaired) electrons. The van der Waals surface area contributed by atoms with Crippen LogP contribution < -0.4 is 0 Å². The molecule has 1 rings (SSSR count). The molecule has 0 aliphatic rings. The molecule has 0 N–H and O–H groups in total. The van der Waals surface area contributed by atoms with Gasteiger partial charge in [0.25, 0.3) is 0 Å². The van der Waals surface area contributed by atoms with Crippen LogP contribution in [-0.2, 0) is 22.4 Å². The van der Waals surface area contributed by atoms with Crippen LogP contribution in [0, 0.1) is 0 Å². The number of rotatable bonds is 12. The number of ketones is 2. The van der Waals surface area contributed by atoms with Crippen LogP contribution in [0.3, 0.4) is 0 Å². The molecule has 0 aromatic heterocycles. The lowest BCUT2D eigenvalue weighted by molar-refractivity contribution is -0.125. The van der Waals surface area contributed by atoms with Crippen molar-refractivity contribution >= 4 is 11.6 Å². The molecule has 2 heteroatoms. The van der Waals surface area contributed by atoms with Crippen molar-refractivity contribution in [2.45, 2.75) is 78.1 Å². The monoisotopic (exact) mass is 302 g/mol. The molecule has 0 amide bonds. The van der Waals surface area contributed by atoms with Gasteiger partial charge >= 0.3 is 0 Å². The second-order valence-corrected chi connectivity index (χ2v) is 6.23. The zero-order valence-corrected chi connectivity index (χ0v) is 14.2. The van der Waals surface area contributed by atoms with Gasteiger partial charge in [-0.3, -0.25) is 9.59 Å². The van der Waals surface area contributed by atoms with Crippen molar-refractivity contribution in [1.82, 2.24) is 0 Å². The normalized spacial score (nSPS) is 10.6. The minimum Gasteiger partial charge on any atom is -0.300 e. The fourth-order valence-corrected chi connectivity index (χ4v) is 2.80. The average Bonchev–Trinajstić information content (AvgIpc) is 2.47. The molecule has 0 aliphatic carbocycles. The molecule has 0 spiro atoms. The van der Waals surface area contributed by atoms with Crippen molar-refractivity contribution in [3.8, 4) is 0 Å². The van der Waals surface area contributed by atoms with Crippen LogP contribution in [0.4, 0.5) is 0 Å². The van der Waals surface area contributed by atoms with Gasteiger partial charge in [-0.05, 0) is 30.9 Å². The fourth-order valence-electron chi connectivity index (χ4n) is 2.80. The van der Waals surface area contributed by atoms with Crippen molar-refractivity contribution in [1.29, 1.82) is 0 Å². The number of unbranched alkanes of at least 4 members (excludes halogenated alkanes) is 6. The van der Waals surface area contributed by atoms with E-state index in [4.69, 9.17) is 0 Å². The molecule has 122 valence electrons. The van der Waals surface area contributed by atoms with Crippen LogP contribution in [-0.4, -0.2) is 11.6 Å². The molecule has 0 saturated carbocycles. The highest BCUT2D eigenvalue weighted by Crippen LogP contribution is 2.15. The smallest absolute Gasteiger partial charge is 0.144 e. The Morgan fingerprint density at radius 3 is 2.09 bits per heavy atom. The molecule has 22 heavy (non-hydrogen) atoms. The molecule has 0 aliphatic heterocycles. The van der Waals surface area contributed by atoms with E-state index in [0.29, 0.717) is 6.42 Å². The first kappa shape index (κ1) is 18.6. The Kier molecular flexibility index (Phi) is 9.45. The first-order chi connectivity index (χ1) is 10.6. The van der Waals surface area contributed by atoms with Gasteiger partial charge in [0.2, 0.25) is 0 Å². The second kappa shape index (κ2) is 11.2. The summed E-state index contributed by atoms with van der Waals surface area (Å²) in [4.78, 5) is 22.9. The van der Waals surface area contributed by atoms with Gasteiger partial charge < -0.3 is 0 Å². The maximum Gasteiger partial charge on any atom is 0.144 e. The van der Waals surface area contributed by atoms with E-state index in [1.165, 1.54) is 57.4 Å². The number of benzene rings is 1. The van der Waals surface area contributed by atoms with Gasteiger partial charge in [0, 0.05) is 6.42 Å². The summed E-state index contributed by atoms with van der Waals surface area (Å²) in [6, 6.07) is 8.16. The van der Waals surface area contributed by atoms with E-state index in [9.17, 15) is 9.59 Å². The summed E-state index contributed by atoms with van der Waals surface area (Å²) < 4.78 is 0. The first-order valence-corrected chi connectivity index (χ1v) is 8.71. The van der Waals surface area contributed by atoms with Crippen molar-refractivity contribution in [3.05, 3.63) is 35.4 Å². The molecule has 0 atom stereocenters. The summed E-state index contributed by atoms with van der Waals surface area (Å²) >= 11 is 0. The number of aryl methyl sites for hydroxylation is 1. The zero-order chi connectivity index (χ0) is 16.2. The van der Waals surface area contributed by atoms with E-state index in [1.54, 1.807) is 0 Å². The van der Waals surface area contributed by atoms with E-state index in [2.05, 4.69) is 13.0 Å². The molecule has 1 aromatic rings. The van der Waals surface area contributed by atoms with E-state index in [0.717, 1.165) is 12.0 Å². The molecular weight excluding hydrogens is 272 g/mol. The van der Waals surface area contributed by atoms with Crippen LogP contribution in [0.25, 0.3) is 0 Å². The van der Waals surface area contributed by atoms with Crippen molar-refractivity contribution in [2.24, 2.45) is 0 Å². The second-order valence-electron chi connectivity index (χ2n) is 6.23. The van der Waals surface area contributed by atoms with Crippen LogP contribution in [0.2, 0.25) is 0 Å². The van der Waals surface area contributed by atoms with Crippen LogP contribution >= 0.6 is 0 Å².